The Hall–Kier alpha value is -1.15. The van der Waals surface area contributed by atoms with Crippen LogP contribution in [0.5, 0.6) is 0 Å². The molecular formula is C14H13BrF4N2O. The van der Waals surface area contributed by atoms with E-state index in [1.54, 1.807) is 0 Å². The molecule has 0 spiro atoms. The normalized spacial score (nSPS) is 29.3. The van der Waals surface area contributed by atoms with Crippen LogP contribution in [0, 0.1) is 11.7 Å². The van der Waals surface area contributed by atoms with E-state index in [1.807, 2.05) is 0 Å². The highest BCUT2D eigenvalue weighted by Gasteiger charge is 2.64. The highest BCUT2D eigenvalue weighted by Crippen LogP contribution is 2.56. The number of alkyl halides is 3. The van der Waals surface area contributed by atoms with Crippen molar-refractivity contribution in [2.75, 3.05) is 6.61 Å². The van der Waals surface area contributed by atoms with Gasteiger partial charge in [0.1, 0.15) is 23.8 Å². The molecular weight excluding hydrogens is 368 g/mol. The molecule has 0 amide bonds. The second-order valence-corrected chi connectivity index (χ2v) is 6.48. The van der Waals surface area contributed by atoms with Gasteiger partial charge in [-0.25, -0.2) is 4.39 Å². The number of amidine groups is 1. The largest absolute Gasteiger partial charge is 0.417 e. The minimum Gasteiger partial charge on any atom is -0.386 e. The third kappa shape index (κ3) is 2.52. The van der Waals surface area contributed by atoms with Crippen LogP contribution in [0.1, 0.15) is 18.4 Å². The molecule has 0 aromatic heterocycles. The van der Waals surface area contributed by atoms with E-state index < -0.39 is 36.2 Å². The number of hydrogen-bond acceptors (Lipinski definition) is 3. The minimum absolute atomic E-state index is 0.0493. The number of halogens is 5. The summed E-state index contributed by atoms with van der Waals surface area (Å²) < 4.78 is 60.3. The molecule has 0 bridgehead atoms. The van der Waals surface area contributed by atoms with Crippen molar-refractivity contribution >= 4 is 21.8 Å². The van der Waals surface area contributed by atoms with Gasteiger partial charge in [0.05, 0.1) is 0 Å². The second kappa shape index (κ2) is 5.19. The number of nitrogens with two attached hydrogens (primary N) is 1. The lowest BCUT2D eigenvalue weighted by molar-refractivity contribution is -0.243. The van der Waals surface area contributed by atoms with E-state index in [0.29, 0.717) is 17.3 Å². The zero-order valence-corrected chi connectivity index (χ0v) is 12.9. The monoisotopic (exact) mass is 380 g/mol. The van der Waals surface area contributed by atoms with E-state index in [0.717, 1.165) is 6.07 Å². The molecule has 2 atom stereocenters. The highest BCUT2D eigenvalue weighted by atomic mass is 79.9. The average Bonchev–Trinajstić information content (AvgIpc) is 3.24. The SMILES string of the molecule is NC1=NC(c2cc(Br)ccc2F)(C2CC2)C(C(F)(F)F)OC1. The molecule has 1 aromatic carbocycles. The Kier molecular flexibility index (Phi) is 3.71. The Labute approximate surface area is 132 Å². The summed E-state index contributed by atoms with van der Waals surface area (Å²) in [5.74, 6) is -1.24. The Morgan fingerprint density at radius 2 is 2.00 bits per heavy atom. The van der Waals surface area contributed by atoms with Crippen LogP contribution in [0.25, 0.3) is 0 Å². The van der Waals surface area contributed by atoms with Gasteiger partial charge < -0.3 is 10.5 Å². The summed E-state index contributed by atoms with van der Waals surface area (Å²) in [5, 5.41) is 0. The fourth-order valence-corrected chi connectivity index (χ4v) is 3.38. The summed E-state index contributed by atoms with van der Waals surface area (Å²) in [6.07, 6.45) is -5.82. The Morgan fingerprint density at radius 3 is 2.59 bits per heavy atom. The van der Waals surface area contributed by atoms with Gasteiger partial charge in [-0.05, 0) is 37.0 Å². The smallest absolute Gasteiger partial charge is 0.386 e. The van der Waals surface area contributed by atoms with Gasteiger partial charge in [0.25, 0.3) is 0 Å². The third-order valence-corrected chi connectivity index (χ3v) is 4.48. The molecule has 1 aliphatic heterocycles. The Bertz CT molecular complexity index is 630. The van der Waals surface area contributed by atoms with E-state index in [4.69, 9.17) is 10.5 Å². The number of benzene rings is 1. The molecule has 1 aromatic rings. The molecule has 8 heteroatoms. The van der Waals surface area contributed by atoms with Gasteiger partial charge in [0.15, 0.2) is 6.10 Å². The van der Waals surface area contributed by atoms with Crippen LogP contribution in [-0.2, 0) is 10.3 Å². The van der Waals surface area contributed by atoms with Crippen LogP contribution >= 0.6 is 15.9 Å². The molecule has 3 rings (SSSR count). The summed E-state index contributed by atoms with van der Waals surface area (Å²) in [6, 6.07) is 3.88. The van der Waals surface area contributed by atoms with Gasteiger partial charge in [-0.2, -0.15) is 13.2 Å². The Balaban J connectivity index is 2.25. The van der Waals surface area contributed by atoms with Crippen LogP contribution < -0.4 is 5.73 Å². The third-order valence-electron chi connectivity index (χ3n) is 3.98. The first-order valence-electron chi connectivity index (χ1n) is 6.73. The number of nitrogens with zero attached hydrogens (tertiary/aromatic N) is 1. The quantitative estimate of drug-likeness (QED) is 0.798. The maximum absolute atomic E-state index is 14.3. The first-order valence-corrected chi connectivity index (χ1v) is 7.52. The summed E-state index contributed by atoms with van der Waals surface area (Å²) in [4.78, 5) is 4.08. The first kappa shape index (κ1) is 15.7. The maximum atomic E-state index is 14.3. The predicted octanol–water partition coefficient (Wildman–Crippen LogP) is 3.51. The van der Waals surface area contributed by atoms with E-state index in [-0.39, 0.29) is 11.4 Å². The molecule has 0 saturated heterocycles. The number of hydrogen-bond donors (Lipinski definition) is 1. The predicted molar refractivity (Wildman–Crippen MR) is 75.9 cm³/mol. The Morgan fingerprint density at radius 1 is 1.32 bits per heavy atom. The second-order valence-electron chi connectivity index (χ2n) is 5.56. The van der Waals surface area contributed by atoms with Gasteiger partial charge in [-0.15, -0.1) is 0 Å². The standard InChI is InChI=1S/C14H13BrF4N2O/c15-8-3-4-10(16)9(5-8)13(7-1-2-7)12(14(17,18)19)22-6-11(20)21-13/h3-5,7,12H,1-2,6H2,(H2,20,21). The molecule has 3 nitrogen and oxygen atoms in total. The summed E-state index contributed by atoms with van der Waals surface area (Å²) in [7, 11) is 0. The number of ether oxygens (including phenoxy) is 1. The van der Waals surface area contributed by atoms with E-state index in [1.165, 1.54) is 12.1 Å². The molecule has 2 aliphatic rings. The lowest BCUT2D eigenvalue weighted by Gasteiger charge is -2.42. The fraction of sp³-hybridized carbons (Fsp3) is 0.500. The van der Waals surface area contributed by atoms with Crippen LogP contribution in [0.3, 0.4) is 0 Å². The van der Waals surface area contributed by atoms with Crippen LogP contribution in [-0.4, -0.2) is 24.7 Å². The number of rotatable bonds is 2. The van der Waals surface area contributed by atoms with Crippen molar-refractivity contribution in [2.45, 2.75) is 30.7 Å². The highest BCUT2D eigenvalue weighted by molar-refractivity contribution is 9.10. The summed E-state index contributed by atoms with van der Waals surface area (Å²) in [5.41, 5.74) is 3.65. The van der Waals surface area contributed by atoms with Gasteiger partial charge in [-0.1, -0.05) is 15.9 Å². The molecule has 120 valence electrons. The summed E-state index contributed by atoms with van der Waals surface area (Å²) in [6.45, 7) is -0.408. The van der Waals surface area contributed by atoms with Gasteiger partial charge in [0, 0.05) is 10.0 Å². The first-order chi connectivity index (χ1) is 10.2. The van der Waals surface area contributed by atoms with Crippen LogP contribution in [0.15, 0.2) is 27.7 Å². The van der Waals surface area contributed by atoms with Crippen molar-refractivity contribution < 1.29 is 22.3 Å². The van der Waals surface area contributed by atoms with Crippen molar-refractivity contribution in [1.29, 1.82) is 0 Å². The average molecular weight is 381 g/mol. The van der Waals surface area contributed by atoms with Crippen molar-refractivity contribution in [3.63, 3.8) is 0 Å². The van der Waals surface area contributed by atoms with Crippen LogP contribution in [0.4, 0.5) is 17.6 Å². The zero-order valence-electron chi connectivity index (χ0n) is 11.3. The van der Waals surface area contributed by atoms with Crippen molar-refractivity contribution in [3.05, 3.63) is 34.1 Å². The molecule has 0 radical (unpaired) electrons. The van der Waals surface area contributed by atoms with E-state index in [9.17, 15) is 17.6 Å². The van der Waals surface area contributed by atoms with Gasteiger partial charge >= 0.3 is 6.18 Å². The molecule has 2 N–H and O–H groups in total. The lowest BCUT2D eigenvalue weighted by atomic mass is 9.78. The van der Waals surface area contributed by atoms with Gasteiger partial charge in [-0.3, -0.25) is 4.99 Å². The van der Waals surface area contributed by atoms with Crippen molar-refractivity contribution in [3.8, 4) is 0 Å². The molecule has 1 heterocycles. The topological polar surface area (TPSA) is 47.6 Å². The molecule has 22 heavy (non-hydrogen) atoms. The summed E-state index contributed by atoms with van der Waals surface area (Å²) >= 11 is 3.17. The lowest BCUT2D eigenvalue weighted by Crippen LogP contribution is -2.55. The van der Waals surface area contributed by atoms with Gasteiger partial charge in [0.2, 0.25) is 0 Å². The molecule has 1 aliphatic carbocycles. The molecule has 1 fully saturated rings. The van der Waals surface area contributed by atoms with Crippen LogP contribution in [0.2, 0.25) is 0 Å². The van der Waals surface area contributed by atoms with Crippen molar-refractivity contribution in [1.82, 2.24) is 0 Å². The van der Waals surface area contributed by atoms with E-state index >= 15 is 0 Å². The fourth-order valence-electron chi connectivity index (χ4n) is 3.02. The van der Waals surface area contributed by atoms with E-state index in [2.05, 4.69) is 20.9 Å². The molecule has 1 saturated carbocycles. The minimum atomic E-state index is -4.67. The van der Waals surface area contributed by atoms with Crippen molar-refractivity contribution in [2.24, 2.45) is 16.6 Å². The maximum Gasteiger partial charge on any atom is 0.417 e. The zero-order chi connectivity index (χ0) is 16.1. The number of aliphatic imine (C=N–C) groups is 1. The molecule has 2 unspecified atom stereocenters.